The molecule has 0 amide bonds. The minimum absolute atomic E-state index is 0.152. The van der Waals surface area contributed by atoms with Gasteiger partial charge in [-0.2, -0.15) is 0 Å². The highest BCUT2D eigenvalue weighted by Gasteiger charge is 2.52. The van der Waals surface area contributed by atoms with Gasteiger partial charge in [0.1, 0.15) is 0 Å². The Hall–Kier alpha value is -1.39. The van der Waals surface area contributed by atoms with E-state index in [0.717, 1.165) is 23.4 Å². The fourth-order valence-corrected chi connectivity index (χ4v) is 5.39. The van der Waals surface area contributed by atoms with Crippen LogP contribution < -0.4 is 0 Å². The summed E-state index contributed by atoms with van der Waals surface area (Å²) in [6, 6.07) is 0. The lowest BCUT2D eigenvalue weighted by Gasteiger charge is -2.56. The largest absolute Gasteiger partial charge is 0.481 e. The zero-order valence-corrected chi connectivity index (χ0v) is 11.7. The summed E-state index contributed by atoms with van der Waals surface area (Å²) < 4.78 is 2.11. The van der Waals surface area contributed by atoms with Crippen molar-refractivity contribution >= 4 is 5.97 Å². The average molecular weight is 275 g/mol. The lowest BCUT2D eigenvalue weighted by Crippen LogP contribution is -2.52. The molecule has 1 heterocycles. The van der Waals surface area contributed by atoms with Gasteiger partial charge in [-0.25, -0.2) is 4.68 Å². The van der Waals surface area contributed by atoms with E-state index >= 15 is 0 Å². The molecule has 5 heteroatoms. The van der Waals surface area contributed by atoms with Gasteiger partial charge in [0.25, 0.3) is 0 Å². The van der Waals surface area contributed by atoms with Crippen LogP contribution in [-0.4, -0.2) is 26.1 Å². The van der Waals surface area contributed by atoms with Crippen LogP contribution in [0.25, 0.3) is 0 Å². The van der Waals surface area contributed by atoms with E-state index in [-0.39, 0.29) is 12.0 Å². The molecule has 0 atom stereocenters. The summed E-state index contributed by atoms with van der Waals surface area (Å²) in [5, 5.41) is 17.3. The highest BCUT2D eigenvalue weighted by Crippen LogP contribution is 2.58. The lowest BCUT2D eigenvalue weighted by molar-refractivity contribution is -0.137. The first kappa shape index (κ1) is 12.4. The van der Waals surface area contributed by atoms with Crippen LogP contribution in [0.1, 0.15) is 50.6 Å². The fraction of sp³-hybridized carbons (Fsp3) is 0.800. The van der Waals surface area contributed by atoms with Crippen LogP contribution in [0, 0.1) is 17.8 Å². The molecular weight excluding hydrogens is 254 g/mol. The lowest BCUT2D eigenvalue weighted by atomic mass is 9.53. The van der Waals surface area contributed by atoms with Gasteiger partial charge in [0, 0.05) is 6.42 Å². The molecule has 1 N–H and O–H groups in total. The molecule has 5 nitrogen and oxygen atoms in total. The van der Waals surface area contributed by atoms with Crippen molar-refractivity contribution < 1.29 is 9.90 Å². The Balaban J connectivity index is 1.64. The van der Waals surface area contributed by atoms with Crippen molar-refractivity contribution in [2.24, 2.45) is 17.8 Å². The molecule has 0 saturated heterocycles. The molecule has 0 aromatic carbocycles. The van der Waals surface area contributed by atoms with E-state index < -0.39 is 5.97 Å². The Labute approximate surface area is 118 Å². The van der Waals surface area contributed by atoms with Crippen molar-refractivity contribution in [1.29, 1.82) is 0 Å². The first-order valence-corrected chi connectivity index (χ1v) is 7.76. The quantitative estimate of drug-likeness (QED) is 0.915. The van der Waals surface area contributed by atoms with Gasteiger partial charge in [-0.05, 0) is 56.3 Å². The van der Waals surface area contributed by atoms with Gasteiger partial charge < -0.3 is 5.11 Å². The summed E-state index contributed by atoms with van der Waals surface area (Å²) in [7, 11) is 0. The second-order valence-corrected chi connectivity index (χ2v) is 7.17. The van der Waals surface area contributed by atoms with Gasteiger partial charge in [-0.3, -0.25) is 4.79 Å². The average Bonchev–Trinajstić information content (AvgIpc) is 2.83. The summed E-state index contributed by atoms with van der Waals surface area (Å²) >= 11 is 0. The minimum atomic E-state index is -0.747. The zero-order valence-electron chi connectivity index (χ0n) is 11.7. The third kappa shape index (κ3) is 1.86. The molecule has 1 aromatic rings. The van der Waals surface area contributed by atoms with Crippen molar-refractivity contribution in [2.45, 2.75) is 56.9 Å². The zero-order chi connectivity index (χ0) is 13.7. The number of carboxylic acid groups (broad SMARTS) is 1. The number of hydrogen-bond donors (Lipinski definition) is 1. The third-order valence-electron chi connectivity index (χ3n) is 5.67. The molecule has 108 valence electrons. The minimum Gasteiger partial charge on any atom is -0.481 e. The highest BCUT2D eigenvalue weighted by atomic mass is 16.4. The summed E-state index contributed by atoms with van der Waals surface area (Å²) in [5.74, 6) is 1.83. The van der Waals surface area contributed by atoms with Gasteiger partial charge in [-0.15, -0.1) is 5.10 Å². The van der Waals surface area contributed by atoms with Crippen molar-refractivity contribution in [3.63, 3.8) is 0 Å². The van der Waals surface area contributed by atoms with E-state index in [4.69, 9.17) is 5.11 Å². The van der Waals surface area contributed by atoms with E-state index in [0.29, 0.717) is 6.42 Å². The Bertz CT molecular complexity index is 502. The van der Waals surface area contributed by atoms with Crippen LogP contribution in [0.15, 0.2) is 6.20 Å². The number of aryl methyl sites for hydroxylation is 1. The van der Waals surface area contributed by atoms with Crippen molar-refractivity contribution in [1.82, 2.24) is 15.0 Å². The molecule has 0 unspecified atom stereocenters. The standard InChI is InChI=1S/C15H21N3O2/c19-14(20)2-1-13-9-16-17-18(13)15-6-10-3-11(7-15)5-12(4-10)8-15/h9-12H,1-8H2,(H,19,20). The highest BCUT2D eigenvalue weighted by molar-refractivity contribution is 5.66. The summed E-state index contributed by atoms with van der Waals surface area (Å²) in [4.78, 5) is 10.8. The number of carbonyl (C=O) groups is 1. The molecule has 4 aliphatic carbocycles. The molecule has 4 bridgehead atoms. The predicted molar refractivity (Wildman–Crippen MR) is 72.1 cm³/mol. The van der Waals surface area contributed by atoms with Gasteiger partial charge >= 0.3 is 5.97 Å². The number of hydrogen-bond acceptors (Lipinski definition) is 3. The molecule has 4 aliphatic rings. The SMILES string of the molecule is O=C(O)CCc1cnnn1C12CC3CC(CC(C3)C1)C2. The first-order valence-electron chi connectivity index (χ1n) is 7.76. The van der Waals surface area contributed by atoms with Crippen LogP contribution >= 0.6 is 0 Å². The van der Waals surface area contributed by atoms with Crippen LogP contribution in [0.2, 0.25) is 0 Å². The molecule has 0 aliphatic heterocycles. The maximum Gasteiger partial charge on any atom is 0.303 e. The first-order chi connectivity index (χ1) is 9.64. The number of nitrogens with zero attached hydrogens (tertiary/aromatic N) is 3. The topological polar surface area (TPSA) is 68.0 Å². The van der Waals surface area contributed by atoms with Gasteiger partial charge in [-0.1, -0.05) is 5.21 Å². The van der Waals surface area contributed by atoms with Gasteiger partial charge in [0.05, 0.1) is 23.9 Å². The van der Waals surface area contributed by atoms with Crippen LogP contribution in [-0.2, 0) is 16.8 Å². The molecule has 5 rings (SSSR count). The Morgan fingerprint density at radius 1 is 1.25 bits per heavy atom. The van der Waals surface area contributed by atoms with E-state index in [9.17, 15) is 4.79 Å². The maximum atomic E-state index is 10.8. The monoisotopic (exact) mass is 275 g/mol. The van der Waals surface area contributed by atoms with E-state index in [1.807, 2.05) is 0 Å². The molecule has 1 aromatic heterocycles. The Kier molecular flexibility index (Phi) is 2.66. The molecule has 0 radical (unpaired) electrons. The van der Waals surface area contributed by atoms with Crippen LogP contribution in [0.3, 0.4) is 0 Å². The molecule has 0 spiro atoms. The molecule has 20 heavy (non-hydrogen) atoms. The third-order valence-corrected chi connectivity index (χ3v) is 5.67. The Morgan fingerprint density at radius 2 is 1.85 bits per heavy atom. The molecular formula is C15H21N3O2. The number of rotatable bonds is 4. The second-order valence-electron chi connectivity index (χ2n) is 7.17. The van der Waals surface area contributed by atoms with Crippen molar-refractivity contribution in [3.05, 3.63) is 11.9 Å². The number of carboxylic acids is 1. The predicted octanol–water partition coefficient (Wildman–Crippen LogP) is 2.22. The van der Waals surface area contributed by atoms with Crippen LogP contribution in [0.4, 0.5) is 0 Å². The smallest absolute Gasteiger partial charge is 0.303 e. The van der Waals surface area contributed by atoms with Crippen molar-refractivity contribution in [2.75, 3.05) is 0 Å². The summed E-state index contributed by atoms with van der Waals surface area (Å²) in [6.07, 6.45) is 10.4. The van der Waals surface area contributed by atoms with Crippen molar-refractivity contribution in [3.8, 4) is 0 Å². The maximum absolute atomic E-state index is 10.8. The number of aromatic nitrogens is 3. The van der Waals surface area contributed by atoms with Gasteiger partial charge in [0.15, 0.2) is 0 Å². The second kappa shape index (κ2) is 4.30. The van der Waals surface area contributed by atoms with Gasteiger partial charge in [0.2, 0.25) is 0 Å². The normalized spacial score (nSPS) is 38.3. The molecule has 4 fully saturated rings. The molecule has 4 saturated carbocycles. The van der Waals surface area contributed by atoms with E-state index in [1.54, 1.807) is 6.20 Å². The van der Waals surface area contributed by atoms with E-state index in [2.05, 4.69) is 15.0 Å². The summed E-state index contributed by atoms with van der Waals surface area (Å²) in [6.45, 7) is 0. The van der Waals surface area contributed by atoms with Crippen LogP contribution in [0.5, 0.6) is 0 Å². The number of aliphatic carboxylic acids is 1. The Morgan fingerprint density at radius 3 is 2.40 bits per heavy atom. The summed E-state index contributed by atoms with van der Waals surface area (Å²) in [5.41, 5.74) is 1.16. The van der Waals surface area contributed by atoms with E-state index in [1.165, 1.54) is 38.5 Å². The fourth-order valence-electron chi connectivity index (χ4n) is 5.39.